The van der Waals surface area contributed by atoms with Crippen molar-refractivity contribution in [3.05, 3.63) is 44.9 Å². The number of aryl methyl sites for hydroxylation is 3. The first-order valence-corrected chi connectivity index (χ1v) is 6.36. The Balaban J connectivity index is 2.02. The summed E-state index contributed by atoms with van der Waals surface area (Å²) in [6.07, 6.45) is 1.91. The quantitative estimate of drug-likeness (QED) is 0.850. The van der Waals surface area contributed by atoms with E-state index >= 15 is 0 Å². The summed E-state index contributed by atoms with van der Waals surface area (Å²) in [4.78, 5) is 4.43. The summed E-state index contributed by atoms with van der Waals surface area (Å²) in [7, 11) is 0. The van der Waals surface area contributed by atoms with Gasteiger partial charge in [-0.25, -0.2) is 4.98 Å². The predicted octanol–water partition coefficient (Wildman–Crippen LogP) is 3.47. The molecule has 84 valence electrons. The van der Waals surface area contributed by atoms with E-state index in [9.17, 15) is 0 Å². The molecular formula is C12H13ClN2S. The third kappa shape index (κ3) is 2.74. The molecule has 0 unspecified atom stereocenters. The molecule has 16 heavy (non-hydrogen) atoms. The highest BCUT2D eigenvalue weighted by Gasteiger charge is 2.02. The number of nitrogen functional groups attached to an aromatic ring is 1. The Labute approximate surface area is 104 Å². The molecule has 4 heteroatoms. The van der Waals surface area contributed by atoms with Gasteiger partial charge in [0.05, 0.1) is 15.7 Å². The molecular weight excluding hydrogens is 240 g/mol. The number of benzene rings is 1. The number of rotatable bonds is 3. The third-order valence-electron chi connectivity index (χ3n) is 2.35. The van der Waals surface area contributed by atoms with Gasteiger partial charge < -0.3 is 5.73 Å². The average Bonchev–Trinajstić information content (AvgIpc) is 2.66. The van der Waals surface area contributed by atoms with Gasteiger partial charge in [-0.3, -0.25) is 0 Å². The third-order valence-corrected chi connectivity index (χ3v) is 3.73. The Morgan fingerprint density at radius 3 is 2.81 bits per heavy atom. The van der Waals surface area contributed by atoms with Crippen molar-refractivity contribution >= 4 is 28.6 Å². The number of nitrogens with two attached hydrogens (primary N) is 1. The summed E-state index contributed by atoms with van der Waals surface area (Å²) in [6.45, 7) is 2.01. The minimum atomic E-state index is 0.619. The molecule has 2 aromatic rings. The van der Waals surface area contributed by atoms with E-state index in [0.717, 1.165) is 18.5 Å². The number of nitrogens with zero attached hydrogens (tertiary/aromatic N) is 1. The second-order valence-corrected chi connectivity index (χ2v) is 5.09. The van der Waals surface area contributed by atoms with E-state index in [0.29, 0.717) is 10.7 Å². The zero-order valence-electron chi connectivity index (χ0n) is 9.03. The van der Waals surface area contributed by atoms with Crippen LogP contribution in [-0.2, 0) is 12.8 Å². The minimum Gasteiger partial charge on any atom is -0.398 e. The van der Waals surface area contributed by atoms with Crippen molar-refractivity contribution < 1.29 is 0 Å². The molecule has 2 nitrogen and oxygen atoms in total. The molecule has 0 fully saturated rings. The van der Waals surface area contributed by atoms with Gasteiger partial charge in [-0.15, -0.1) is 11.3 Å². The van der Waals surface area contributed by atoms with Gasteiger partial charge in [0.15, 0.2) is 0 Å². The zero-order chi connectivity index (χ0) is 11.5. The Morgan fingerprint density at radius 2 is 2.19 bits per heavy atom. The van der Waals surface area contributed by atoms with E-state index in [1.807, 2.05) is 25.1 Å². The number of halogens is 1. The maximum atomic E-state index is 5.87. The molecule has 0 atom stereocenters. The van der Waals surface area contributed by atoms with Crippen LogP contribution in [0.25, 0.3) is 0 Å². The molecule has 0 saturated carbocycles. The lowest BCUT2D eigenvalue weighted by molar-refractivity contribution is 0.937. The minimum absolute atomic E-state index is 0.619. The molecule has 0 aliphatic heterocycles. The van der Waals surface area contributed by atoms with E-state index in [-0.39, 0.29) is 0 Å². The Kier molecular flexibility index (Phi) is 3.46. The molecule has 0 amide bonds. The summed E-state index contributed by atoms with van der Waals surface area (Å²) < 4.78 is 0. The number of hydrogen-bond donors (Lipinski definition) is 1. The monoisotopic (exact) mass is 252 g/mol. The van der Waals surface area contributed by atoms with Crippen LogP contribution in [0.1, 0.15) is 16.3 Å². The summed E-state index contributed by atoms with van der Waals surface area (Å²) in [6, 6.07) is 5.79. The van der Waals surface area contributed by atoms with Gasteiger partial charge in [0.1, 0.15) is 0 Å². The average molecular weight is 253 g/mol. The summed E-state index contributed by atoms with van der Waals surface area (Å²) in [5.41, 5.74) is 8.69. The van der Waals surface area contributed by atoms with Gasteiger partial charge in [-0.1, -0.05) is 17.7 Å². The molecule has 2 N–H and O–H groups in total. The first-order valence-electron chi connectivity index (χ1n) is 5.10. The maximum Gasteiger partial charge on any atom is 0.0931 e. The second-order valence-electron chi connectivity index (χ2n) is 3.74. The fourth-order valence-electron chi connectivity index (χ4n) is 1.52. The summed E-state index contributed by atoms with van der Waals surface area (Å²) in [5, 5.41) is 3.87. The molecule has 1 aromatic carbocycles. The first kappa shape index (κ1) is 11.4. The van der Waals surface area contributed by atoms with Crippen LogP contribution in [0.2, 0.25) is 5.02 Å². The molecule has 0 radical (unpaired) electrons. The number of hydrogen-bond acceptors (Lipinski definition) is 3. The van der Waals surface area contributed by atoms with Gasteiger partial charge in [-0.2, -0.15) is 0 Å². The topological polar surface area (TPSA) is 38.9 Å². The molecule has 1 heterocycles. The largest absolute Gasteiger partial charge is 0.398 e. The molecule has 2 rings (SSSR count). The SMILES string of the molecule is Cc1csc(CCc2ccc(Cl)c(N)c2)n1. The molecule has 0 aliphatic rings. The summed E-state index contributed by atoms with van der Waals surface area (Å²) in [5.74, 6) is 0. The summed E-state index contributed by atoms with van der Waals surface area (Å²) >= 11 is 7.57. The van der Waals surface area contributed by atoms with E-state index in [1.54, 1.807) is 11.3 Å². The normalized spacial score (nSPS) is 10.6. The highest BCUT2D eigenvalue weighted by Crippen LogP contribution is 2.20. The lowest BCUT2D eigenvalue weighted by Gasteiger charge is -2.02. The molecule has 0 bridgehead atoms. The zero-order valence-corrected chi connectivity index (χ0v) is 10.6. The second kappa shape index (κ2) is 4.85. The fourth-order valence-corrected chi connectivity index (χ4v) is 2.41. The van der Waals surface area contributed by atoms with E-state index in [2.05, 4.69) is 10.4 Å². The van der Waals surface area contributed by atoms with E-state index in [1.165, 1.54) is 10.6 Å². The predicted molar refractivity (Wildman–Crippen MR) is 70.1 cm³/mol. The standard InChI is InChI=1S/C12H13ClN2S/c1-8-7-16-12(15-8)5-3-9-2-4-10(13)11(14)6-9/h2,4,6-7H,3,5,14H2,1H3. The highest BCUT2D eigenvalue weighted by molar-refractivity contribution is 7.09. The Morgan fingerprint density at radius 1 is 1.38 bits per heavy atom. The number of anilines is 1. The van der Waals surface area contributed by atoms with E-state index < -0.39 is 0 Å². The molecule has 1 aromatic heterocycles. The maximum absolute atomic E-state index is 5.87. The highest BCUT2D eigenvalue weighted by atomic mass is 35.5. The van der Waals surface area contributed by atoms with Crippen molar-refractivity contribution in [1.29, 1.82) is 0 Å². The van der Waals surface area contributed by atoms with E-state index in [4.69, 9.17) is 17.3 Å². The Bertz CT molecular complexity index is 494. The van der Waals surface area contributed by atoms with Crippen molar-refractivity contribution in [2.24, 2.45) is 0 Å². The van der Waals surface area contributed by atoms with Gasteiger partial charge in [0.2, 0.25) is 0 Å². The molecule has 0 aliphatic carbocycles. The van der Waals surface area contributed by atoms with Gasteiger partial charge in [-0.05, 0) is 31.0 Å². The smallest absolute Gasteiger partial charge is 0.0931 e. The van der Waals surface area contributed by atoms with Crippen molar-refractivity contribution in [1.82, 2.24) is 4.98 Å². The van der Waals surface area contributed by atoms with Crippen LogP contribution in [0.15, 0.2) is 23.6 Å². The van der Waals surface area contributed by atoms with Gasteiger partial charge >= 0.3 is 0 Å². The Hall–Kier alpha value is -1.06. The van der Waals surface area contributed by atoms with Crippen molar-refractivity contribution in [2.45, 2.75) is 19.8 Å². The van der Waals surface area contributed by atoms with Crippen LogP contribution >= 0.6 is 22.9 Å². The fraction of sp³-hybridized carbons (Fsp3) is 0.250. The van der Waals surface area contributed by atoms with Gasteiger partial charge in [0, 0.05) is 17.5 Å². The lowest BCUT2D eigenvalue weighted by atomic mass is 10.1. The first-order chi connectivity index (χ1) is 7.65. The number of aromatic nitrogens is 1. The molecule has 0 spiro atoms. The van der Waals surface area contributed by atoms with Crippen LogP contribution in [-0.4, -0.2) is 4.98 Å². The van der Waals surface area contributed by atoms with Crippen LogP contribution in [0.4, 0.5) is 5.69 Å². The van der Waals surface area contributed by atoms with Crippen LogP contribution in [0.3, 0.4) is 0 Å². The van der Waals surface area contributed by atoms with Crippen LogP contribution < -0.4 is 5.73 Å². The lowest BCUT2D eigenvalue weighted by Crippen LogP contribution is -1.93. The van der Waals surface area contributed by atoms with Crippen molar-refractivity contribution in [3.63, 3.8) is 0 Å². The molecule has 0 saturated heterocycles. The number of thiazole rings is 1. The van der Waals surface area contributed by atoms with Crippen molar-refractivity contribution in [3.8, 4) is 0 Å². The van der Waals surface area contributed by atoms with Crippen LogP contribution in [0, 0.1) is 6.92 Å². The van der Waals surface area contributed by atoms with Gasteiger partial charge in [0.25, 0.3) is 0 Å². The van der Waals surface area contributed by atoms with Crippen LogP contribution in [0.5, 0.6) is 0 Å². The van der Waals surface area contributed by atoms with Crippen molar-refractivity contribution in [2.75, 3.05) is 5.73 Å².